The zero-order valence-electron chi connectivity index (χ0n) is 11.5. The van der Waals surface area contributed by atoms with Gasteiger partial charge in [-0.3, -0.25) is 0 Å². The smallest absolute Gasteiger partial charge is 0.102 e. The van der Waals surface area contributed by atoms with Gasteiger partial charge in [-0.15, -0.1) is 0 Å². The molecule has 1 aliphatic rings. The van der Waals surface area contributed by atoms with Gasteiger partial charge in [-0.1, -0.05) is 19.3 Å². The Morgan fingerprint density at radius 2 is 2.06 bits per heavy atom. The van der Waals surface area contributed by atoms with E-state index in [1.54, 1.807) is 12.5 Å². The van der Waals surface area contributed by atoms with Gasteiger partial charge in [0.1, 0.15) is 6.10 Å². The maximum Gasteiger partial charge on any atom is 0.102 e. The summed E-state index contributed by atoms with van der Waals surface area (Å²) in [6.07, 6.45) is 8.74. The minimum atomic E-state index is -0.493. The van der Waals surface area contributed by atoms with Crippen LogP contribution in [-0.2, 0) is 0 Å². The number of rotatable bonds is 4. The molecule has 1 unspecified atom stereocenters. The van der Waals surface area contributed by atoms with E-state index >= 15 is 0 Å². The van der Waals surface area contributed by atoms with Gasteiger partial charge in [0.15, 0.2) is 0 Å². The predicted molar refractivity (Wildman–Crippen MR) is 72.1 cm³/mol. The van der Waals surface area contributed by atoms with Crippen molar-refractivity contribution in [2.75, 3.05) is 6.54 Å². The highest BCUT2D eigenvalue weighted by molar-refractivity contribution is 5.10. The third-order valence-electron chi connectivity index (χ3n) is 4.37. The van der Waals surface area contributed by atoms with Crippen LogP contribution >= 0.6 is 0 Å². The summed E-state index contributed by atoms with van der Waals surface area (Å²) in [5, 5.41) is 10.8. The molecule has 3 N–H and O–H groups in total. The van der Waals surface area contributed by atoms with Gasteiger partial charge in [0.05, 0.1) is 18.2 Å². The van der Waals surface area contributed by atoms with E-state index in [0.717, 1.165) is 18.5 Å². The minimum absolute atomic E-state index is 0.148. The van der Waals surface area contributed by atoms with Crippen LogP contribution in [0.1, 0.15) is 63.8 Å². The lowest BCUT2D eigenvalue weighted by atomic mass is 9.69. The molecule has 1 aromatic heterocycles. The highest BCUT2D eigenvalue weighted by Gasteiger charge is 2.40. The van der Waals surface area contributed by atoms with Gasteiger partial charge in [-0.2, -0.15) is 0 Å². The summed E-state index contributed by atoms with van der Waals surface area (Å²) in [5.74, 6) is 0. The predicted octanol–water partition coefficient (Wildman–Crippen LogP) is 2.41. The molecule has 0 amide bonds. The monoisotopic (exact) mass is 251 g/mol. The normalized spacial score (nSPS) is 21.2. The molecule has 4 heteroatoms. The van der Waals surface area contributed by atoms with Crippen molar-refractivity contribution >= 4 is 0 Å². The number of hydrogen-bond acceptors (Lipinski definition) is 3. The molecular formula is C14H25N3O. The maximum absolute atomic E-state index is 10.8. The van der Waals surface area contributed by atoms with Crippen LogP contribution in [0.5, 0.6) is 0 Å². The number of aromatic nitrogens is 2. The van der Waals surface area contributed by atoms with Crippen LogP contribution in [0.2, 0.25) is 0 Å². The lowest BCUT2D eigenvalue weighted by Gasteiger charge is -2.40. The summed E-state index contributed by atoms with van der Waals surface area (Å²) < 4.78 is 2.05. The van der Waals surface area contributed by atoms with E-state index in [4.69, 9.17) is 5.73 Å². The number of nitrogens with zero attached hydrogens (tertiary/aromatic N) is 2. The molecule has 1 aromatic rings. The van der Waals surface area contributed by atoms with E-state index in [2.05, 4.69) is 23.4 Å². The first-order valence-electron chi connectivity index (χ1n) is 7.00. The zero-order chi connectivity index (χ0) is 13.2. The molecule has 0 saturated heterocycles. The van der Waals surface area contributed by atoms with E-state index in [1.165, 1.54) is 19.3 Å². The van der Waals surface area contributed by atoms with Gasteiger partial charge in [0, 0.05) is 18.0 Å². The molecule has 1 saturated carbocycles. The SMILES string of the molecule is CC(C)n1cncc1C(O)C1(CN)CCCCC1. The van der Waals surface area contributed by atoms with Crippen LogP contribution in [0.4, 0.5) is 0 Å². The Hall–Kier alpha value is -0.870. The Kier molecular flexibility index (Phi) is 4.07. The number of nitrogens with two attached hydrogens (primary N) is 1. The third kappa shape index (κ3) is 2.31. The van der Waals surface area contributed by atoms with Gasteiger partial charge in [0.2, 0.25) is 0 Å². The molecular weight excluding hydrogens is 226 g/mol. The highest BCUT2D eigenvalue weighted by Crippen LogP contribution is 2.45. The average molecular weight is 251 g/mol. The zero-order valence-corrected chi connectivity index (χ0v) is 11.5. The first-order chi connectivity index (χ1) is 8.60. The van der Waals surface area contributed by atoms with Crippen molar-refractivity contribution in [3.63, 3.8) is 0 Å². The number of hydrogen-bond donors (Lipinski definition) is 2. The second-order valence-electron chi connectivity index (χ2n) is 5.85. The quantitative estimate of drug-likeness (QED) is 0.863. The summed E-state index contributed by atoms with van der Waals surface area (Å²) in [4.78, 5) is 4.19. The van der Waals surface area contributed by atoms with Crippen LogP contribution < -0.4 is 5.73 Å². The second kappa shape index (κ2) is 5.41. The van der Waals surface area contributed by atoms with Crippen molar-refractivity contribution in [3.05, 3.63) is 18.2 Å². The van der Waals surface area contributed by atoms with Crippen molar-refractivity contribution in [3.8, 4) is 0 Å². The van der Waals surface area contributed by atoms with Gasteiger partial charge in [-0.25, -0.2) is 4.98 Å². The Bertz CT molecular complexity index is 380. The first-order valence-corrected chi connectivity index (χ1v) is 7.00. The molecule has 0 aliphatic heterocycles. The molecule has 0 radical (unpaired) electrons. The van der Waals surface area contributed by atoms with E-state index in [1.807, 2.05) is 0 Å². The standard InChI is InChI=1S/C14H25N3O/c1-11(2)17-10-16-8-12(17)13(18)14(9-15)6-4-3-5-7-14/h8,10-11,13,18H,3-7,9,15H2,1-2H3. The fourth-order valence-electron chi connectivity index (χ4n) is 3.12. The largest absolute Gasteiger partial charge is 0.386 e. The van der Waals surface area contributed by atoms with Crippen LogP contribution in [0, 0.1) is 5.41 Å². The van der Waals surface area contributed by atoms with Crippen molar-refractivity contribution in [2.45, 2.75) is 58.1 Å². The number of imidazole rings is 1. The van der Waals surface area contributed by atoms with Crippen molar-refractivity contribution in [1.29, 1.82) is 0 Å². The Balaban J connectivity index is 2.28. The van der Waals surface area contributed by atoms with Gasteiger partial charge in [-0.05, 0) is 26.7 Å². The van der Waals surface area contributed by atoms with E-state index in [-0.39, 0.29) is 5.41 Å². The van der Waals surface area contributed by atoms with E-state index in [0.29, 0.717) is 12.6 Å². The second-order valence-corrected chi connectivity index (χ2v) is 5.85. The van der Waals surface area contributed by atoms with Crippen LogP contribution in [0.25, 0.3) is 0 Å². The Morgan fingerprint density at radius 3 is 2.61 bits per heavy atom. The van der Waals surface area contributed by atoms with Gasteiger partial charge >= 0.3 is 0 Å². The molecule has 2 rings (SSSR count). The topological polar surface area (TPSA) is 64.1 Å². The fourth-order valence-corrected chi connectivity index (χ4v) is 3.12. The number of aliphatic hydroxyl groups excluding tert-OH is 1. The van der Waals surface area contributed by atoms with Crippen LogP contribution in [0.3, 0.4) is 0 Å². The Morgan fingerprint density at radius 1 is 1.39 bits per heavy atom. The molecule has 1 fully saturated rings. The summed E-state index contributed by atoms with van der Waals surface area (Å²) in [5.41, 5.74) is 6.75. The molecule has 1 aliphatic carbocycles. The molecule has 1 atom stereocenters. The van der Waals surface area contributed by atoms with E-state index < -0.39 is 6.10 Å². The van der Waals surface area contributed by atoms with Crippen LogP contribution in [-0.4, -0.2) is 21.2 Å². The van der Waals surface area contributed by atoms with Crippen molar-refractivity contribution in [2.24, 2.45) is 11.1 Å². The van der Waals surface area contributed by atoms with E-state index in [9.17, 15) is 5.11 Å². The third-order valence-corrected chi connectivity index (χ3v) is 4.37. The minimum Gasteiger partial charge on any atom is -0.386 e. The summed E-state index contributed by atoms with van der Waals surface area (Å²) in [6, 6.07) is 0.315. The average Bonchev–Trinajstić information content (AvgIpc) is 2.88. The van der Waals surface area contributed by atoms with Crippen LogP contribution in [0.15, 0.2) is 12.5 Å². The Labute approximate surface area is 109 Å². The maximum atomic E-state index is 10.8. The first kappa shape index (κ1) is 13.6. The number of aliphatic hydroxyl groups is 1. The molecule has 18 heavy (non-hydrogen) atoms. The van der Waals surface area contributed by atoms with Gasteiger partial charge < -0.3 is 15.4 Å². The molecule has 0 aromatic carbocycles. The molecule has 0 spiro atoms. The molecule has 4 nitrogen and oxygen atoms in total. The van der Waals surface area contributed by atoms with Crippen molar-refractivity contribution in [1.82, 2.24) is 9.55 Å². The lowest BCUT2D eigenvalue weighted by molar-refractivity contribution is -0.00494. The van der Waals surface area contributed by atoms with Crippen molar-refractivity contribution < 1.29 is 5.11 Å². The summed E-state index contributed by atoms with van der Waals surface area (Å²) in [7, 11) is 0. The lowest BCUT2D eigenvalue weighted by Crippen LogP contribution is -2.39. The summed E-state index contributed by atoms with van der Waals surface area (Å²) in [6.45, 7) is 4.76. The van der Waals surface area contributed by atoms with Gasteiger partial charge in [0.25, 0.3) is 0 Å². The molecule has 1 heterocycles. The molecule has 102 valence electrons. The molecule has 0 bridgehead atoms. The summed E-state index contributed by atoms with van der Waals surface area (Å²) >= 11 is 0. The highest BCUT2D eigenvalue weighted by atomic mass is 16.3. The fraction of sp³-hybridized carbons (Fsp3) is 0.786.